The van der Waals surface area contributed by atoms with Crippen LogP contribution in [0, 0.1) is 0 Å². The lowest BCUT2D eigenvalue weighted by atomic mass is 10.00. The van der Waals surface area contributed by atoms with E-state index in [2.05, 4.69) is 27.3 Å². The summed E-state index contributed by atoms with van der Waals surface area (Å²) in [7, 11) is 4.11. The number of amides is 1. The second-order valence-electron chi connectivity index (χ2n) is 8.50. The topological polar surface area (TPSA) is 65.9 Å². The number of rotatable bonds is 6. The molecule has 8 heteroatoms. The largest absolute Gasteiger partial charge is 0.373 e. The summed E-state index contributed by atoms with van der Waals surface area (Å²) in [5.41, 5.74) is 1.07. The molecule has 8 nitrogen and oxygen atoms in total. The first-order chi connectivity index (χ1) is 13.6. The predicted octanol–water partition coefficient (Wildman–Crippen LogP) is 0.0781. The molecule has 1 aromatic rings. The molecule has 0 unspecified atom stereocenters. The van der Waals surface area contributed by atoms with E-state index in [0.29, 0.717) is 25.7 Å². The number of aromatic nitrogens is 2. The van der Waals surface area contributed by atoms with Crippen molar-refractivity contribution in [2.75, 3.05) is 59.5 Å². The van der Waals surface area contributed by atoms with Crippen molar-refractivity contribution in [2.45, 2.75) is 37.5 Å². The Bertz CT molecular complexity index is 661. The minimum atomic E-state index is -0.0723. The van der Waals surface area contributed by atoms with E-state index in [-0.39, 0.29) is 18.1 Å². The van der Waals surface area contributed by atoms with Gasteiger partial charge in [0.2, 0.25) is 5.91 Å². The number of nitrogens with zero attached hydrogens (tertiary/aromatic N) is 5. The van der Waals surface area contributed by atoms with E-state index in [4.69, 9.17) is 4.74 Å². The van der Waals surface area contributed by atoms with Gasteiger partial charge in [-0.1, -0.05) is 0 Å². The molecule has 1 saturated carbocycles. The van der Waals surface area contributed by atoms with Crippen LogP contribution < -0.4 is 5.32 Å². The molecule has 156 valence electrons. The lowest BCUT2D eigenvalue weighted by Crippen LogP contribution is -2.53. The van der Waals surface area contributed by atoms with Gasteiger partial charge in [-0.15, -0.1) is 0 Å². The fraction of sp³-hybridized carbons (Fsp3) is 0.800. The summed E-state index contributed by atoms with van der Waals surface area (Å²) in [6, 6.07) is 0.462. The average molecular weight is 391 g/mol. The van der Waals surface area contributed by atoms with E-state index < -0.39 is 0 Å². The van der Waals surface area contributed by atoms with Gasteiger partial charge in [-0.05, 0) is 39.4 Å². The van der Waals surface area contributed by atoms with Crippen LogP contribution in [0.4, 0.5) is 0 Å². The molecule has 28 heavy (non-hydrogen) atoms. The van der Waals surface area contributed by atoms with Gasteiger partial charge >= 0.3 is 0 Å². The maximum absolute atomic E-state index is 13.0. The fourth-order valence-electron chi connectivity index (χ4n) is 4.31. The second kappa shape index (κ2) is 8.90. The van der Waals surface area contributed by atoms with Gasteiger partial charge in [0.25, 0.3) is 0 Å². The average Bonchev–Trinajstić information content (AvgIpc) is 3.45. The number of carbonyl (C=O) groups is 1. The SMILES string of the molecule is CN1CCCN(C[C@@H]2OCCN(C(=O)CNC3CC3)[C@H]2c2cnn(C)c2)CC1. The van der Waals surface area contributed by atoms with Crippen LogP contribution in [0.25, 0.3) is 0 Å². The molecule has 3 aliphatic rings. The Morgan fingerprint density at radius 2 is 2.07 bits per heavy atom. The third kappa shape index (κ3) is 4.92. The van der Waals surface area contributed by atoms with Crippen molar-refractivity contribution >= 4 is 5.91 Å². The van der Waals surface area contributed by atoms with E-state index in [1.54, 1.807) is 0 Å². The molecule has 3 heterocycles. The normalized spacial score (nSPS) is 27.7. The summed E-state index contributed by atoms with van der Waals surface area (Å²) < 4.78 is 8.05. The van der Waals surface area contributed by atoms with Crippen LogP contribution >= 0.6 is 0 Å². The Hall–Kier alpha value is -1.48. The van der Waals surface area contributed by atoms with E-state index in [0.717, 1.165) is 38.3 Å². The third-order valence-corrected chi connectivity index (χ3v) is 6.11. The van der Waals surface area contributed by atoms with E-state index >= 15 is 0 Å². The molecule has 0 aromatic carbocycles. The standard InChI is InChI=1S/C20H34N6O2/c1-23-6-3-7-25(9-8-23)15-18-20(16-12-22-24(2)14-16)26(10-11-28-18)19(27)13-21-17-4-5-17/h12,14,17-18,20-21H,3-11,13,15H2,1-2H3/t18-,20-/m0/s1. The molecule has 0 bridgehead atoms. The fourth-order valence-corrected chi connectivity index (χ4v) is 4.31. The van der Waals surface area contributed by atoms with Crippen LogP contribution in [-0.4, -0.2) is 102 Å². The van der Waals surface area contributed by atoms with Gasteiger partial charge in [-0.2, -0.15) is 5.10 Å². The molecule has 0 spiro atoms. The first kappa shape index (κ1) is 19.8. The molecule has 1 amide bonds. The summed E-state index contributed by atoms with van der Waals surface area (Å²) in [6.07, 6.45) is 7.44. The van der Waals surface area contributed by atoms with Crippen molar-refractivity contribution in [1.29, 1.82) is 0 Å². The minimum Gasteiger partial charge on any atom is -0.373 e. The van der Waals surface area contributed by atoms with Crippen LogP contribution in [0.3, 0.4) is 0 Å². The van der Waals surface area contributed by atoms with Crippen molar-refractivity contribution in [1.82, 2.24) is 29.8 Å². The van der Waals surface area contributed by atoms with Crippen molar-refractivity contribution in [3.63, 3.8) is 0 Å². The van der Waals surface area contributed by atoms with Crippen LogP contribution in [0.15, 0.2) is 12.4 Å². The lowest BCUT2D eigenvalue weighted by molar-refractivity contribution is -0.147. The molecule has 1 aromatic heterocycles. The number of likely N-dealkylation sites (N-methyl/N-ethyl adjacent to an activating group) is 1. The summed E-state index contributed by atoms with van der Waals surface area (Å²) in [6.45, 7) is 6.88. The molecule has 2 atom stereocenters. The quantitative estimate of drug-likeness (QED) is 0.742. The van der Waals surface area contributed by atoms with Crippen LogP contribution in [0.2, 0.25) is 0 Å². The third-order valence-electron chi connectivity index (χ3n) is 6.11. The number of morpholine rings is 1. The maximum atomic E-state index is 13.0. The molecule has 2 saturated heterocycles. The molecular weight excluding hydrogens is 356 g/mol. The van der Waals surface area contributed by atoms with E-state index in [1.807, 2.05) is 29.0 Å². The van der Waals surface area contributed by atoms with Crippen LogP contribution in [-0.2, 0) is 16.6 Å². The maximum Gasteiger partial charge on any atom is 0.237 e. The summed E-state index contributed by atoms with van der Waals surface area (Å²) in [5.74, 6) is 0.171. The van der Waals surface area contributed by atoms with Gasteiger partial charge in [0, 0.05) is 51.0 Å². The van der Waals surface area contributed by atoms with Crippen molar-refractivity contribution in [3.05, 3.63) is 18.0 Å². The predicted molar refractivity (Wildman–Crippen MR) is 107 cm³/mol. The summed E-state index contributed by atoms with van der Waals surface area (Å²) >= 11 is 0. The zero-order chi connectivity index (χ0) is 19.5. The Morgan fingerprint density at radius 1 is 1.21 bits per heavy atom. The Labute approximate surface area is 167 Å². The number of ether oxygens (including phenoxy) is 1. The summed E-state index contributed by atoms with van der Waals surface area (Å²) in [5, 5.41) is 7.73. The number of aryl methyl sites for hydroxylation is 1. The minimum absolute atomic E-state index is 0.0220. The zero-order valence-corrected chi connectivity index (χ0v) is 17.2. The highest BCUT2D eigenvalue weighted by Crippen LogP contribution is 2.30. The summed E-state index contributed by atoms with van der Waals surface area (Å²) in [4.78, 5) is 19.9. The lowest BCUT2D eigenvalue weighted by Gasteiger charge is -2.42. The molecule has 0 radical (unpaired) electrons. The number of hydrogen-bond acceptors (Lipinski definition) is 6. The monoisotopic (exact) mass is 390 g/mol. The van der Waals surface area contributed by atoms with Crippen molar-refractivity contribution in [2.24, 2.45) is 7.05 Å². The highest BCUT2D eigenvalue weighted by molar-refractivity contribution is 5.79. The van der Waals surface area contributed by atoms with Gasteiger partial charge in [0.05, 0.1) is 31.5 Å². The Kier molecular flexibility index (Phi) is 6.30. The Balaban J connectivity index is 1.48. The first-order valence-corrected chi connectivity index (χ1v) is 10.6. The van der Waals surface area contributed by atoms with Gasteiger partial charge in [-0.3, -0.25) is 14.4 Å². The molecule has 2 aliphatic heterocycles. The highest BCUT2D eigenvalue weighted by Gasteiger charge is 2.38. The smallest absolute Gasteiger partial charge is 0.237 e. The van der Waals surface area contributed by atoms with Crippen molar-refractivity contribution in [3.8, 4) is 0 Å². The molecule has 1 aliphatic carbocycles. The molecule has 3 fully saturated rings. The van der Waals surface area contributed by atoms with Gasteiger partial charge in [0.15, 0.2) is 0 Å². The number of hydrogen-bond donors (Lipinski definition) is 1. The van der Waals surface area contributed by atoms with Gasteiger partial charge in [0.1, 0.15) is 0 Å². The van der Waals surface area contributed by atoms with E-state index in [9.17, 15) is 4.79 Å². The second-order valence-corrected chi connectivity index (χ2v) is 8.50. The zero-order valence-electron chi connectivity index (χ0n) is 17.2. The molecular formula is C20H34N6O2. The van der Waals surface area contributed by atoms with Gasteiger partial charge < -0.3 is 19.9 Å². The van der Waals surface area contributed by atoms with Crippen LogP contribution in [0.5, 0.6) is 0 Å². The van der Waals surface area contributed by atoms with Crippen molar-refractivity contribution < 1.29 is 9.53 Å². The Morgan fingerprint density at radius 3 is 2.82 bits per heavy atom. The highest BCUT2D eigenvalue weighted by atomic mass is 16.5. The first-order valence-electron chi connectivity index (χ1n) is 10.6. The van der Waals surface area contributed by atoms with Gasteiger partial charge in [-0.25, -0.2) is 0 Å². The molecule has 4 rings (SSSR count). The molecule has 1 N–H and O–H groups in total. The number of carbonyl (C=O) groups excluding carboxylic acids is 1. The van der Waals surface area contributed by atoms with Crippen LogP contribution in [0.1, 0.15) is 30.9 Å². The van der Waals surface area contributed by atoms with E-state index in [1.165, 1.54) is 19.3 Å². The number of nitrogens with one attached hydrogen (secondary N) is 1.